The monoisotopic (exact) mass is 400 g/mol. The lowest BCUT2D eigenvalue weighted by atomic mass is 9.51. The van der Waals surface area contributed by atoms with E-state index in [0.29, 0.717) is 5.92 Å². The van der Waals surface area contributed by atoms with Crippen molar-refractivity contribution >= 4 is 0 Å². The first kappa shape index (κ1) is 22.2. The molecule has 1 heterocycles. The molecule has 0 aromatic carbocycles. The highest BCUT2D eigenvalue weighted by Gasteiger charge is 2.55. The van der Waals surface area contributed by atoms with E-state index in [1.165, 1.54) is 0 Å². The number of hydrogen-bond acceptors (Lipinski definition) is 7. The van der Waals surface area contributed by atoms with Crippen LogP contribution < -0.4 is 0 Å². The van der Waals surface area contributed by atoms with E-state index in [1.807, 2.05) is 0 Å². The molecule has 2 saturated carbocycles. The van der Waals surface area contributed by atoms with E-state index >= 15 is 0 Å². The summed E-state index contributed by atoms with van der Waals surface area (Å²) in [5, 5.41) is 50.3. The lowest BCUT2D eigenvalue weighted by Gasteiger charge is -2.57. The maximum absolute atomic E-state index is 11.2. The van der Waals surface area contributed by atoms with Crippen LogP contribution in [0, 0.1) is 17.3 Å². The molecule has 1 saturated heterocycles. The Balaban J connectivity index is 1.60. The Kier molecular flexibility index (Phi) is 6.57. The third kappa shape index (κ3) is 3.78. The Bertz CT molecular complexity index is 567. The molecule has 1 aliphatic heterocycles. The average Bonchev–Trinajstić information content (AvgIpc) is 2.67. The molecule has 3 fully saturated rings. The molecule has 162 valence electrons. The van der Waals surface area contributed by atoms with Crippen molar-refractivity contribution in [3.05, 3.63) is 12.2 Å². The van der Waals surface area contributed by atoms with Crippen molar-refractivity contribution in [3.63, 3.8) is 0 Å². The molecule has 0 amide bonds. The van der Waals surface area contributed by atoms with Gasteiger partial charge in [-0.1, -0.05) is 26.8 Å². The molecule has 2 aliphatic carbocycles. The Labute approximate surface area is 167 Å². The summed E-state index contributed by atoms with van der Waals surface area (Å²) in [4.78, 5) is 0. The van der Waals surface area contributed by atoms with Crippen LogP contribution >= 0.6 is 0 Å². The van der Waals surface area contributed by atoms with Gasteiger partial charge in [0.1, 0.15) is 24.4 Å². The first-order valence-corrected chi connectivity index (χ1v) is 10.4. The van der Waals surface area contributed by atoms with Gasteiger partial charge >= 0.3 is 0 Å². The maximum Gasteiger partial charge on any atom is 0.187 e. The molecular formula is C21H36O7. The third-order valence-corrected chi connectivity index (χ3v) is 7.81. The molecule has 0 aromatic heterocycles. The van der Waals surface area contributed by atoms with Crippen molar-refractivity contribution in [2.24, 2.45) is 17.3 Å². The predicted molar refractivity (Wildman–Crippen MR) is 102 cm³/mol. The zero-order valence-electron chi connectivity index (χ0n) is 17.0. The fraction of sp³-hybridized carbons (Fsp3) is 0.905. The van der Waals surface area contributed by atoms with Gasteiger partial charge in [0.15, 0.2) is 6.29 Å². The molecule has 0 spiro atoms. The quantitative estimate of drug-likeness (QED) is 0.431. The van der Waals surface area contributed by atoms with Gasteiger partial charge < -0.3 is 35.0 Å². The minimum atomic E-state index is -1.45. The van der Waals surface area contributed by atoms with Gasteiger partial charge in [-0.15, -0.1) is 0 Å². The molecule has 9 atom stereocenters. The minimum Gasteiger partial charge on any atom is -0.394 e. The molecule has 5 N–H and O–H groups in total. The van der Waals surface area contributed by atoms with E-state index in [-0.39, 0.29) is 17.9 Å². The van der Waals surface area contributed by atoms with Crippen LogP contribution in [0.4, 0.5) is 0 Å². The van der Waals surface area contributed by atoms with E-state index in [0.717, 1.165) is 44.1 Å². The smallest absolute Gasteiger partial charge is 0.187 e. The van der Waals surface area contributed by atoms with Gasteiger partial charge in [-0.25, -0.2) is 0 Å². The SMILES string of the molecule is C=C(CO[C@@H]1O[C@H](CO)[C@@H](O)[C@H](O)[C@H]1O)[C@@H]1CC[C@@]2(O)CCC[C@@H](C)[C@]2(C)C1. The molecule has 0 bridgehead atoms. The highest BCUT2D eigenvalue weighted by atomic mass is 16.7. The first-order chi connectivity index (χ1) is 13.1. The second-order valence-electron chi connectivity index (χ2n) is 9.35. The summed E-state index contributed by atoms with van der Waals surface area (Å²) in [5.41, 5.74) is 0.109. The maximum atomic E-state index is 11.2. The number of aliphatic hydroxyl groups is 5. The number of aliphatic hydroxyl groups excluding tert-OH is 4. The normalized spacial score (nSPS) is 49.5. The highest BCUT2D eigenvalue weighted by molar-refractivity contribution is 5.13. The largest absolute Gasteiger partial charge is 0.394 e. The van der Waals surface area contributed by atoms with Crippen molar-refractivity contribution in [1.29, 1.82) is 0 Å². The van der Waals surface area contributed by atoms with Crippen LogP contribution in [0.15, 0.2) is 12.2 Å². The predicted octanol–water partition coefficient (Wildman–Crippen LogP) is 0.717. The highest BCUT2D eigenvalue weighted by Crippen LogP contribution is 2.57. The van der Waals surface area contributed by atoms with Gasteiger partial charge in [0.05, 0.1) is 18.8 Å². The summed E-state index contributed by atoms with van der Waals surface area (Å²) >= 11 is 0. The Morgan fingerprint density at radius 2 is 1.86 bits per heavy atom. The van der Waals surface area contributed by atoms with Gasteiger partial charge in [0.25, 0.3) is 0 Å². The average molecular weight is 401 g/mol. The first-order valence-electron chi connectivity index (χ1n) is 10.4. The molecule has 0 unspecified atom stereocenters. The second kappa shape index (κ2) is 8.30. The van der Waals surface area contributed by atoms with E-state index in [1.54, 1.807) is 0 Å². The summed E-state index contributed by atoms with van der Waals surface area (Å²) in [6, 6.07) is 0. The van der Waals surface area contributed by atoms with E-state index in [2.05, 4.69) is 20.4 Å². The molecule has 3 rings (SSSR count). The lowest BCUT2D eigenvalue weighted by Crippen LogP contribution is -2.59. The van der Waals surface area contributed by atoms with Crippen LogP contribution in [0.3, 0.4) is 0 Å². The molecular weight excluding hydrogens is 364 g/mol. The zero-order chi connectivity index (χ0) is 20.7. The van der Waals surface area contributed by atoms with Crippen LogP contribution in [0.2, 0.25) is 0 Å². The fourth-order valence-electron chi connectivity index (χ4n) is 5.45. The third-order valence-electron chi connectivity index (χ3n) is 7.81. The van der Waals surface area contributed by atoms with Crippen molar-refractivity contribution in [2.75, 3.05) is 13.2 Å². The summed E-state index contributed by atoms with van der Waals surface area (Å²) in [6.45, 7) is 8.25. The van der Waals surface area contributed by atoms with Gasteiger partial charge in [0, 0.05) is 0 Å². The van der Waals surface area contributed by atoms with Crippen LogP contribution in [-0.2, 0) is 9.47 Å². The molecule has 28 heavy (non-hydrogen) atoms. The van der Waals surface area contributed by atoms with Crippen molar-refractivity contribution in [3.8, 4) is 0 Å². The van der Waals surface area contributed by atoms with Crippen molar-refractivity contribution in [1.82, 2.24) is 0 Å². The van der Waals surface area contributed by atoms with E-state index in [9.17, 15) is 25.5 Å². The molecule has 7 heteroatoms. The van der Waals surface area contributed by atoms with E-state index < -0.39 is 42.9 Å². The second-order valence-corrected chi connectivity index (χ2v) is 9.35. The summed E-state index contributed by atoms with van der Waals surface area (Å²) in [5.74, 6) is 0.643. The van der Waals surface area contributed by atoms with Gasteiger partial charge in [-0.3, -0.25) is 0 Å². The number of ether oxygens (including phenoxy) is 2. The van der Waals surface area contributed by atoms with Crippen LogP contribution in [0.25, 0.3) is 0 Å². The number of fused-ring (bicyclic) bond motifs is 1. The topological polar surface area (TPSA) is 120 Å². The number of rotatable bonds is 5. The zero-order valence-corrected chi connectivity index (χ0v) is 17.0. The minimum absolute atomic E-state index is 0.149. The Morgan fingerprint density at radius 1 is 1.14 bits per heavy atom. The van der Waals surface area contributed by atoms with Crippen LogP contribution in [-0.4, -0.2) is 75.1 Å². The van der Waals surface area contributed by atoms with Gasteiger partial charge in [-0.05, 0) is 54.9 Å². The lowest BCUT2D eigenvalue weighted by molar-refractivity contribution is -0.299. The molecule has 0 radical (unpaired) electrons. The van der Waals surface area contributed by atoms with Crippen molar-refractivity contribution < 1.29 is 35.0 Å². The number of hydrogen-bond donors (Lipinski definition) is 5. The standard InChI is InChI=1S/C21H36O7/c1-12(11-27-19-18(25)17(24)16(23)15(10-22)28-19)14-6-8-21(26)7-4-5-13(2)20(21,3)9-14/h13-19,22-26H,1,4-11H2,2-3H3/t13-,14-,15-,16-,17+,18-,19-,20+,21+/m1/s1. The fourth-order valence-corrected chi connectivity index (χ4v) is 5.45. The molecule has 3 aliphatic rings. The van der Waals surface area contributed by atoms with E-state index in [4.69, 9.17) is 9.47 Å². The molecule has 0 aromatic rings. The summed E-state index contributed by atoms with van der Waals surface area (Å²) in [6.07, 6.45) is -0.886. The molecule has 7 nitrogen and oxygen atoms in total. The van der Waals surface area contributed by atoms with Gasteiger partial charge in [0.2, 0.25) is 0 Å². The van der Waals surface area contributed by atoms with Crippen LogP contribution in [0.1, 0.15) is 52.4 Å². The van der Waals surface area contributed by atoms with Crippen molar-refractivity contribution in [2.45, 2.75) is 88.7 Å². The summed E-state index contributed by atoms with van der Waals surface area (Å²) < 4.78 is 11.1. The Morgan fingerprint density at radius 3 is 2.54 bits per heavy atom. The van der Waals surface area contributed by atoms with Crippen LogP contribution in [0.5, 0.6) is 0 Å². The summed E-state index contributed by atoms with van der Waals surface area (Å²) in [7, 11) is 0. The Hall–Kier alpha value is -0.540. The van der Waals surface area contributed by atoms with Gasteiger partial charge in [-0.2, -0.15) is 0 Å².